The Labute approximate surface area is 170 Å². The lowest BCUT2D eigenvalue weighted by molar-refractivity contribution is -0.385. The van der Waals surface area contributed by atoms with E-state index in [2.05, 4.69) is 0 Å². The van der Waals surface area contributed by atoms with Crippen molar-refractivity contribution >= 4 is 21.4 Å². The molecule has 0 amide bonds. The van der Waals surface area contributed by atoms with Gasteiger partial charge in [0.1, 0.15) is 17.3 Å². The molecule has 8 nitrogen and oxygen atoms in total. The molecule has 0 atom stereocenters. The van der Waals surface area contributed by atoms with E-state index in [1.54, 1.807) is 11.9 Å². The van der Waals surface area contributed by atoms with Gasteiger partial charge in [-0.05, 0) is 38.0 Å². The maximum atomic E-state index is 13.1. The van der Waals surface area contributed by atoms with E-state index in [1.807, 2.05) is 31.2 Å². The van der Waals surface area contributed by atoms with Crippen molar-refractivity contribution in [1.29, 1.82) is 0 Å². The molecule has 2 aromatic carbocycles. The molecule has 1 aliphatic heterocycles. The minimum atomic E-state index is -3.81. The zero-order valence-electron chi connectivity index (χ0n) is 16.6. The molecule has 2 aromatic rings. The number of sulfonamides is 1. The molecule has 1 saturated heterocycles. The topological polar surface area (TPSA) is 93.0 Å². The van der Waals surface area contributed by atoms with Gasteiger partial charge < -0.3 is 9.64 Å². The van der Waals surface area contributed by atoms with Crippen LogP contribution in [0.1, 0.15) is 18.4 Å². The van der Waals surface area contributed by atoms with Gasteiger partial charge in [0.05, 0.1) is 17.2 Å². The average molecular weight is 420 g/mol. The Hall–Kier alpha value is -2.65. The first-order valence-corrected chi connectivity index (χ1v) is 10.9. The molecule has 3 rings (SSSR count). The molecule has 1 heterocycles. The van der Waals surface area contributed by atoms with Gasteiger partial charge in [-0.25, -0.2) is 8.42 Å². The number of likely N-dealkylation sites (N-methyl/N-ethyl adjacent to an activating group) is 1. The van der Waals surface area contributed by atoms with Gasteiger partial charge in [0.25, 0.3) is 5.69 Å². The smallest absolute Gasteiger partial charge is 0.270 e. The number of rotatable bonds is 8. The molecule has 0 N–H and O–H groups in total. The number of nitro benzene ring substituents is 1. The molecule has 0 bridgehead atoms. The Balaban J connectivity index is 1.81. The molecule has 0 saturated carbocycles. The fraction of sp³-hybridized carbons (Fsp3) is 0.400. The van der Waals surface area contributed by atoms with Crippen LogP contribution in [-0.2, 0) is 10.0 Å². The highest BCUT2D eigenvalue weighted by atomic mass is 32.2. The van der Waals surface area contributed by atoms with Gasteiger partial charge >= 0.3 is 0 Å². The first kappa shape index (κ1) is 21.1. The molecule has 156 valence electrons. The predicted octanol–water partition coefficient (Wildman–Crippen LogP) is 3.20. The molecule has 1 aliphatic rings. The van der Waals surface area contributed by atoms with E-state index < -0.39 is 14.9 Å². The Morgan fingerprint density at radius 1 is 1.14 bits per heavy atom. The summed E-state index contributed by atoms with van der Waals surface area (Å²) in [6.45, 7) is 3.64. The summed E-state index contributed by atoms with van der Waals surface area (Å²) in [5.41, 5.74) is 1.32. The number of non-ortho nitro benzene ring substituents is 1. The number of nitro groups is 1. The third kappa shape index (κ3) is 4.86. The van der Waals surface area contributed by atoms with E-state index in [0.717, 1.165) is 30.2 Å². The number of aryl methyl sites for hydroxylation is 1. The largest absolute Gasteiger partial charge is 0.492 e. The molecule has 9 heteroatoms. The maximum absolute atomic E-state index is 13.1. The quantitative estimate of drug-likeness (QED) is 0.482. The average Bonchev–Trinajstić information content (AvgIpc) is 3.24. The monoisotopic (exact) mass is 419 g/mol. The summed E-state index contributed by atoms with van der Waals surface area (Å²) in [7, 11) is -2.05. The van der Waals surface area contributed by atoms with Crippen LogP contribution in [-0.4, -0.2) is 50.9 Å². The highest BCUT2D eigenvalue weighted by molar-refractivity contribution is 7.89. The number of hydrogen-bond donors (Lipinski definition) is 0. The highest BCUT2D eigenvalue weighted by Crippen LogP contribution is 2.32. The first-order chi connectivity index (χ1) is 13.8. The van der Waals surface area contributed by atoms with E-state index in [4.69, 9.17) is 4.74 Å². The van der Waals surface area contributed by atoms with Crippen LogP contribution >= 0.6 is 0 Å². The lowest BCUT2D eigenvalue weighted by atomic mass is 10.2. The zero-order valence-corrected chi connectivity index (χ0v) is 17.4. The summed E-state index contributed by atoms with van der Waals surface area (Å²) >= 11 is 0. The fourth-order valence-corrected chi connectivity index (χ4v) is 5.04. The summed E-state index contributed by atoms with van der Waals surface area (Å²) in [5.74, 6) is 0.734. The van der Waals surface area contributed by atoms with Crippen LogP contribution in [0, 0.1) is 17.0 Å². The second-order valence-electron chi connectivity index (χ2n) is 7.10. The minimum absolute atomic E-state index is 0.0357. The van der Waals surface area contributed by atoms with Crippen molar-refractivity contribution < 1.29 is 18.1 Å². The zero-order chi connectivity index (χ0) is 21.0. The summed E-state index contributed by atoms with van der Waals surface area (Å²) in [6, 6.07) is 11.6. The maximum Gasteiger partial charge on any atom is 0.270 e. The van der Waals surface area contributed by atoms with Crippen molar-refractivity contribution in [2.75, 3.05) is 38.2 Å². The number of nitrogens with zero attached hydrogens (tertiary/aromatic N) is 3. The third-order valence-electron chi connectivity index (χ3n) is 4.96. The van der Waals surface area contributed by atoms with Gasteiger partial charge in [-0.2, -0.15) is 4.31 Å². The Morgan fingerprint density at radius 3 is 2.41 bits per heavy atom. The molecule has 1 fully saturated rings. The Bertz CT molecular complexity index is 970. The van der Waals surface area contributed by atoms with Crippen LogP contribution in [0.25, 0.3) is 0 Å². The summed E-state index contributed by atoms with van der Waals surface area (Å²) in [5, 5.41) is 11.2. The summed E-state index contributed by atoms with van der Waals surface area (Å²) in [6.07, 6.45) is 1.59. The molecular weight excluding hydrogens is 394 g/mol. The van der Waals surface area contributed by atoms with Crippen molar-refractivity contribution in [3.05, 3.63) is 58.1 Å². The van der Waals surface area contributed by atoms with Crippen LogP contribution < -0.4 is 9.64 Å². The van der Waals surface area contributed by atoms with Gasteiger partial charge in [-0.3, -0.25) is 10.1 Å². The molecule has 0 aromatic heterocycles. The number of benzene rings is 2. The second-order valence-corrected chi connectivity index (χ2v) is 9.01. The van der Waals surface area contributed by atoms with Crippen molar-refractivity contribution in [3.63, 3.8) is 0 Å². The number of ether oxygens (including phenoxy) is 1. The number of anilines is 1. The van der Waals surface area contributed by atoms with E-state index in [9.17, 15) is 18.5 Å². The molecule has 29 heavy (non-hydrogen) atoms. The predicted molar refractivity (Wildman–Crippen MR) is 111 cm³/mol. The normalized spacial score (nSPS) is 14.7. The van der Waals surface area contributed by atoms with Crippen molar-refractivity contribution in [2.24, 2.45) is 0 Å². The molecule has 0 unspecified atom stereocenters. The van der Waals surface area contributed by atoms with Crippen LogP contribution in [0.15, 0.2) is 47.4 Å². The Morgan fingerprint density at radius 2 is 1.79 bits per heavy atom. The van der Waals surface area contributed by atoms with Gasteiger partial charge in [-0.15, -0.1) is 0 Å². The summed E-state index contributed by atoms with van der Waals surface area (Å²) in [4.78, 5) is 12.3. The standard InChI is InChI=1S/C20H25N3O5S/c1-16-5-8-18(9-6-16)28-14-13-21(2)19-10-7-17(23(24)25)15-20(19)29(26,27)22-11-3-4-12-22/h5-10,15H,3-4,11-14H2,1-2H3. The minimum Gasteiger partial charge on any atom is -0.492 e. The SMILES string of the molecule is Cc1ccc(OCCN(C)c2ccc([N+](=O)[O-])cc2S(=O)(=O)N2CCCC2)cc1. The molecule has 0 spiro atoms. The lowest BCUT2D eigenvalue weighted by Gasteiger charge is -2.24. The first-order valence-electron chi connectivity index (χ1n) is 9.48. The van der Waals surface area contributed by atoms with Crippen LogP contribution in [0.3, 0.4) is 0 Å². The highest BCUT2D eigenvalue weighted by Gasteiger charge is 2.31. The van der Waals surface area contributed by atoms with Gasteiger partial charge in [-0.1, -0.05) is 17.7 Å². The van der Waals surface area contributed by atoms with Gasteiger partial charge in [0.15, 0.2) is 0 Å². The number of hydrogen-bond acceptors (Lipinski definition) is 6. The van der Waals surface area contributed by atoms with E-state index in [-0.39, 0.29) is 10.6 Å². The van der Waals surface area contributed by atoms with E-state index in [0.29, 0.717) is 31.9 Å². The van der Waals surface area contributed by atoms with Crippen LogP contribution in [0.5, 0.6) is 5.75 Å². The molecule has 0 aliphatic carbocycles. The van der Waals surface area contributed by atoms with E-state index >= 15 is 0 Å². The van der Waals surface area contributed by atoms with E-state index in [1.165, 1.54) is 16.4 Å². The van der Waals surface area contributed by atoms with Gasteiger partial charge in [0, 0.05) is 32.3 Å². The van der Waals surface area contributed by atoms with Crippen molar-refractivity contribution in [1.82, 2.24) is 4.31 Å². The third-order valence-corrected chi connectivity index (χ3v) is 6.89. The fourth-order valence-electron chi connectivity index (χ4n) is 3.26. The molecular formula is C20H25N3O5S. The van der Waals surface area contributed by atoms with Crippen LogP contribution in [0.2, 0.25) is 0 Å². The van der Waals surface area contributed by atoms with Crippen molar-refractivity contribution in [3.8, 4) is 5.75 Å². The lowest BCUT2D eigenvalue weighted by Crippen LogP contribution is -2.31. The van der Waals surface area contributed by atoms with Gasteiger partial charge in [0.2, 0.25) is 10.0 Å². The van der Waals surface area contributed by atoms with Crippen molar-refractivity contribution in [2.45, 2.75) is 24.7 Å². The Kier molecular flexibility index (Phi) is 6.39. The second kappa shape index (κ2) is 8.79. The molecule has 0 radical (unpaired) electrons. The van der Waals surface area contributed by atoms with Crippen LogP contribution in [0.4, 0.5) is 11.4 Å². The summed E-state index contributed by atoms with van der Waals surface area (Å²) < 4.78 is 33.3.